The average molecular weight is 297 g/mol. The molecule has 0 N–H and O–H groups in total. The van der Waals surface area contributed by atoms with E-state index in [1.807, 2.05) is 25.7 Å². The molecule has 0 unspecified atom stereocenters. The van der Waals surface area contributed by atoms with Gasteiger partial charge in [0.2, 0.25) is 11.8 Å². The van der Waals surface area contributed by atoms with Gasteiger partial charge in [-0.05, 0) is 26.2 Å². The van der Waals surface area contributed by atoms with E-state index in [2.05, 4.69) is 17.1 Å². The van der Waals surface area contributed by atoms with E-state index in [0.717, 1.165) is 19.4 Å². The number of likely N-dealkylation sites (tertiary alicyclic amines) is 1. The fourth-order valence-corrected chi connectivity index (χ4v) is 2.90. The fourth-order valence-electron chi connectivity index (χ4n) is 2.25. The van der Waals surface area contributed by atoms with Crippen LogP contribution in [0.3, 0.4) is 0 Å². The number of hydrogen-bond acceptors (Lipinski definition) is 5. The molecule has 0 aromatic carbocycles. The summed E-state index contributed by atoms with van der Waals surface area (Å²) in [4.78, 5) is 14.2. The second-order valence-electron chi connectivity index (χ2n) is 6.34. The summed E-state index contributed by atoms with van der Waals surface area (Å²) in [7, 11) is 0. The maximum absolute atomic E-state index is 12.2. The number of carbonyl (C=O) groups excluding carboxylic acids is 1. The van der Waals surface area contributed by atoms with Crippen molar-refractivity contribution in [2.45, 2.75) is 63.6 Å². The Morgan fingerprint density at radius 1 is 1.40 bits per heavy atom. The molecule has 20 heavy (non-hydrogen) atoms. The monoisotopic (exact) mass is 297 g/mol. The Balaban J connectivity index is 1.88. The van der Waals surface area contributed by atoms with Crippen LogP contribution >= 0.6 is 11.8 Å². The zero-order chi connectivity index (χ0) is 14.8. The maximum Gasteiger partial charge on any atom is 0.277 e. The summed E-state index contributed by atoms with van der Waals surface area (Å²) >= 11 is 1.33. The van der Waals surface area contributed by atoms with Crippen LogP contribution in [0.5, 0.6) is 0 Å². The van der Waals surface area contributed by atoms with Gasteiger partial charge in [0, 0.05) is 18.0 Å². The molecule has 1 fully saturated rings. The van der Waals surface area contributed by atoms with E-state index in [0.29, 0.717) is 22.9 Å². The molecule has 0 aliphatic carbocycles. The number of carbonyl (C=O) groups is 1. The summed E-state index contributed by atoms with van der Waals surface area (Å²) in [5, 5.41) is 8.50. The van der Waals surface area contributed by atoms with Gasteiger partial charge in [0.05, 0.1) is 5.75 Å². The molecule has 1 aliphatic rings. The number of amides is 1. The highest BCUT2D eigenvalue weighted by atomic mass is 32.2. The van der Waals surface area contributed by atoms with E-state index in [-0.39, 0.29) is 11.3 Å². The molecule has 1 aliphatic heterocycles. The molecule has 0 bridgehead atoms. The average Bonchev–Trinajstić information content (AvgIpc) is 2.85. The Bertz CT molecular complexity index is 467. The molecule has 112 valence electrons. The molecule has 0 spiro atoms. The highest BCUT2D eigenvalue weighted by molar-refractivity contribution is 7.99. The molecule has 1 atom stereocenters. The molecule has 1 saturated heterocycles. The normalized spacial score (nSPS) is 20.2. The maximum atomic E-state index is 12.2. The van der Waals surface area contributed by atoms with E-state index in [9.17, 15) is 4.79 Å². The molecular formula is C14H23N3O2S. The van der Waals surface area contributed by atoms with Crippen LogP contribution in [0.15, 0.2) is 9.64 Å². The van der Waals surface area contributed by atoms with Crippen LogP contribution in [0, 0.1) is 0 Å². The third-order valence-corrected chi connectivity index (χ3v) is 4.29. The standard InChI is InChI=1S/C14H23N3O2S/c1-10-7-5-6-8-17(10)11(18)9-20-13-16-15-12(19-13)14(2,3)4/h10H,5-9H2,1-4H3/t10-/m0/s1. The minimum absolute atomic E-state index is 0.156. The second-order valence-corrected chi connectivity index (χ2v) is 7.27. The van der Waals surface area contributed by atoms with Crippen molar-refractivity contribution in [2.24, 2.45) is 0 Å². The van der Waals surface area contributed by atoms with Crippen molar-refractivity contribution in [1.82, 2.24) is 15.1 Å². The lowest BCUT2D eigenvalue weighted by atomic mass is 9.97. The lowest BCUT2D eigenvalue weighted by Gasteiger charge is -2.33. The third kappa shape index (κ3) is 3.75. The van der Waals surface area contributed by atoms with E-state index in [1.54, 1.807) is 0 Å². The van der Waals surface area contributed by atoms with Crippen molar-refractivity contribution >= 4 is 17.7 Å². The molecule has 1 amide bonds. The lowest BCUT2D eigenvalue weighted by Crippen LogP contribution is -2.42. The van der Waals surface area contributed by atoms with Crippen LogP contribution in [-0.2, 0) is 10.2 Å². The van der Waals surface area contributed by atoms with Gasteiger partial charge in [-0.15, -0.1) is 10.2 Å². The Hall–Kier alpha value is -1.04. The Morgan fingerprint density at radius 2 is 2.15 bits per heavy atom. The zero-order valence-corrected chi connectivity index (χ0v) is 13.5. The Labute approximate surface area is 124 Å². The molecule has 1 aromatic heterocycles. The van der Waals surface area contributed by atoms with E-state index < -0.39 is 0 Å². The van der Waals surface area contributed by atoms with E-state index >= 15 is 0 Å². The number of piperidine rings is 1. The van der Waals surface area contributed by atoms with Crippen LogP contribution in [0.25, 0.3) is 0 Å². The summed E-state index contributed by atoms with van der Waals surface area (Å²) in [6.07, 6.45) is 3.43. The van der Waals surface area contributed by atoms with Crippen molar-refractivity contribution in [3.63, 3.8) is 0 Å². The summed E-state index contributed by atoms with van der Waals surface area (Å²) in [6, 6.07) is 0.352. The molecular weight excluding hydrogens is 274 g/mol. The van der Waals surface area contributed by atoms with Gasteiger partial charge in [0.1, 0.15) is 0 Å². The van der Waals surface area contributed by atoms with Crippen molar-refractivity contribution in [2.75, 3.05) is 12.3 Å². The number of aromatic nitrogens is 2. The first-order valence-corrected chi connectivity index (χ1v) is 8.13. The van der Waals surface area contributed by atoms with Crippen LogP contribution in [0.4, 0.5) is 0 Å². The highest BCUT2D eigenvalue weighted by Crippen LogP contribution is 2.25. The quantitative estimate of drug-likeness (QED) is 0.803. The van der Waals surface area contributed by atoms with Gasteiger partial charge >= 0.3 is 0 Å². The number of thioether (sulfide) groups is 1. The largest absolute Gasteiger partial charge is 0.415 e. The lowest BCUT2D eigenvalue weighted by molar-refractivity contribution is -0.131. The predicted molar refractivity (Wildman–Crippen MR) is 78.7 cm³/mol. The molecule has 1 aromatic rings. The zero-order valence-electron chi connectivity index (χ0n) is 12.7. The number of nitrogens with zero attached hydrogens (tertiary/aromatic N) is 3. The van der Waals surface area contributed by atoms with E-state index in [4.69, 9.17) is 4.42 Å². The van der Waals surface area contributed by atoms with Gasteiger partial charge in [0.25, 0.3) is 5.22 Å². The molecule has 0 radical (unpaired) electrons. The molecule has 2 rings (SSSR count). The first-order valence-electron chi connectivity index (χ1n) is 7.14. The van der Waals surface area contributed by atoms with Gasteiger partial charge in [-0.3, -0.25) is 4.79 Å². The fraction of sp³-hybridized carbons (Fsp3) is 0.786. The minimum Gasteiger partial charge on any atom is -0.415 e. The van der Waals surface area contributed by atoms with Crippen LogP contribution in [-0.4, -0.2) is 39.3 Å². The minimum atomic E-state index is -0.156. The topological polar surface area (TPSA) is 59.2 Å². The van der Waals surface area contributed by atoms with Crippen molar-refractivity contribution < 1.29 is 9.21 Å². The van der Waals surface area contributed by atoms with Gasteiger partial charge < -0.3 is 9.32 Å². The van der Waals surface area contributed by atoms with Gasteiger partial charge in [-0.25, -0.2) is 0 Å². The smallest absolute Gasteiger partial charge is 0.277 e. The number of rotatable bonds is 3. The molecule has 5 nitrogen and oxygen atoms in total. The highest BCUT2D eigenvalue weighted by Gasteiger charge is 2.25. The SMILES string of the molecule is C[C@H]1CCCCN1C(=O)CSc1nnc(C(C)(C)C)o1. The first kappa shape index (κ1) is 15.4. The van der Waals surface area contributed by atoms with Gasteiger partial charge in [0.15, 0.2) is 0 Å². The Kier molecular flexibility index (Phi) is 4.73. The Morgan fingerprint density at radius 3 is 2.75 bits per heavy atom. The van der Waals surface area contributed by atoms with Crippen molar-refractivity contribution in [3.8, 4) is 0 Å². The van der Waals surface area contributed by atoms with Crippen LogP contribution in [0.2, 0.25) is 0 Å². The summed E-state index contributed by atoms with van der Waals surface area (Å²) in [6.45, 7) is 9.06. The first-order chi connectivity index (χ1) is 9.38. The van der Waals surface area contributed by atoms with Gasteiger partial charge in [-0.1, -0.05) is 32.5 Å². The summed E-state index contributed by atoms with van der Waals surface area (Å²) in [5.41, 5.74) is -0.156. The molecule has 0 saturated carbocycles. The van der Waals surface area contributed by atoms with E-state index in [1.165, 1.54) is 18.2 Å². The predicted octanol–water partition coefficient (Wildman–Crippen LogP) is 2.86. The second kappa shape index (κ2) is 6.16. The summed E-state index contributed by atoms with van der Waals surface area (Å²) in [5.74, 6) is 1.15. The molecule has 6 heteroatoms. The molecule has 2 heterocycles. The van der Waals surface area contributed by atoms with Gasteiger partial charge in [-0.2, -0.15) is 0 Å². The van der Waals surface area contributed by atoms with Crippen LogP contribution < -0.4 is 0 Å². The number of hydrogen-bond donors (Lipinski definition) is 0. The summed E-state index contributed by atoms with van der Waals surface area (Å²) < 4.78 is 5.58. The van der Waals surface area contributed by atoms with Crippen molar-refractivity contribution in [1.29, 1.82) is 0 Å². The van der Waals surface area contributed by atoms with Crippen LogP contribution in [0.1, 0.15) is 52.8 Å². The third-order valence-electron chi connectivity index (χ3n) is 3.49. The van der Waals surface area contributed by atoms with Crippen molar-refractivity contribution in [3.05, 3.63) is 5.89 Å².